The van der Waals surface area contributed by atoms with Crippen LogP contribution in [0, 0.1) is 3.57 Å². The highest BCUT2D eigenvalue weighted by Gasteiger charge is 1.86. The Morgan fingerprint density at radius 3 is 1.67 bits per heavy atom. The SMILES string of the molecule is CC.CC.Nc1ccccc1I. The first-order valence-corrected chi connectivity index (χ1v) is 5.38. The molecule has 1 aromatic rings. The molecule has 0 aliphatic carbocycles. The third-order valence-electron chi connectivity index (χ3n) is 0.905. The second kappa shape index (κ2) is 10.8. The summed E-state index contributed by atoms with van der Waals surface area (Å²) in [6.07, 6.45) is 0. The zero-order valence-corrected chi connectivity index (χ0v) is 10.4. The maximum atomic E-state index is 5.51. The van der Waals surface area contributed by atoms with E-state index in [9.17, 15) is 0 Å². The van der Waals surface area contributed by atoms with Gasteiger partial charge in [-0.1, -0.05) is 39.8 Å². The van der Waals surface area contributed by atoms with Crippen LogP contribution in [0.4, 0.5) is 5.69 Å². The molecule has 1 nitrogen and oxygen atoms in total. The third kappa shape index (κ3) is 6.46. The van der Waals surface area contributed by atoms with E-state index >= 15 is 0 Å². The summed E-state index contributed by atoms with van der Waals surface area (Å²) < 4.78 is 1.12. The number of halogens is 1. The molecule has 0 aromatic heterocycles. The van der Waals surface area contributed by atoms with Gasteiger partial charge < -0.3 is 5.73 Å². The van der Waals surface area contributed by atoms with Crippen LogP contribution in [0.15, 0.2) is 24.3 Å². The molecule has 0 aliphatic rings. The van der Waals surface area contributed by atoms with Gasteiger partial charge in [0.05, 0.1) is 0 Å². The van der Waals surface area contributed by atoms with E-state index in [1.807, 2.05) is 52.0 Å². The first kappa shape index (κ1) is 14.3. The van der Waals surface area contributed by atoms with Crippen LogP contribution in [0.2, 0.25) is 0 Å². The normalized spacial score (nSPS) is 7.08. The number of benzene rings is 1. The second-order valence-electron chi connectivity index (χ2n) is 1.52. The lowest BCUT2D eigenvalue weighted by molar-refractivity contribution is 1.50. The first-order chi connectivity index (χ1) is 5.80. The van der Waals surface area contributed by atoms with Crippen molar-refractivity contribution in [1.29, 1.82) is 0 Å². The molecule has 0 spiro atoms. The predicted octanol–water partition coefficient (Wildman–Crippen LogP) is 3.93. The molecule has 70 valence electrons. The summed E-state index contributed by atoms with van der Waals surface area (Å²) in [5.74, 6) is 0. The number of para-hydroxylation sites is 1. The van der Waals surface area contributed by atoms with Crippen molar-refractivity contribution in [3.8, 4) is 0 Å². The lowest BCUT2D eigenvalue weighted by Gasteiger charge is -1.91. The molecule has 0 saturated heterocycles. The molecule has 2 heteroatoms. The Balaban J connectivity index is 0. The van der Waals surface area contributed by atoms with Crippen LogP contribution >= 0.6 is 22.6 Å². The maximum absolute atomic E-state index is 5.51. The first-order valence-electron chi connectivity index (χ1n) is 4.31. The Morgan fingerprint density at radius 1 is 1.00 bits per heavy atom. The quantitative estimate of drug-likeness (QED) is 0.565. The fourth-order valence-electron chi connectivity index (χ4n) is 0.475. The molecule has 0 heterocycles. The molecule has 0 amide bonds. The number of hydrogen-bond donors (Lipinski definition) is 1. The topological polar surface area (TPSA) is 26.0 Å². The molecule has 0 aliphatic heterocycles. The Morgan fingerprint density at radius 2 is 1.42 bits per heavy atom. The second-order valence-corrected chi connectivity index (χ2v) is 2.68. The van der Waals surface area contributed by atoms with Crippen LogP contribution in [-0.4, -0.2) is 0 Å². The molecule has 12 heavy (non-hydrogen) atoms. The highest BCUT2D eigenvalue weighted by atomic mass is 127. The van der Waals surface area contributed by atoms with Crippen molar-refractivity contribution < 1.29 is 0 Å². The van der Waals surface area contributed by atoms with Gasteiger partial charge in [0.25, 0.3) is 0 Å². The van der Waals surface area contributed by atoms with E-state index in [2.05, 4.69) is 22.6 Å². The van der Waals surface area contributed by atoms with E-state index < -0.39 is 0 Å². The molecule has 1 aromatic carbocycles. The number of hydrogen-bond acceptors (Lipinski definition) is 1. The van der Waals surface area contributed by atoms with E-state index in [1.165, 1.54) is 0 Å². The molecule has 2 N–H and O–H groups in total. The minimum atomic E-state index is 0.855. The van der Waals surface area contributed by atoms with E-state index in [0.717, 1.165) is 9.26 Å². The fraction of sp³-hybridized carbons (Fsp3) is 0.400. The summed E-state index contributed by atoms with van der Waals surface area (Å²) in [6, 6.07) is 7.77. The van der Waals surface area contributed by atoms with E-state index in [0.29, 0.717) is 0 Å². The third-order valence-corrected chi connectivity index (χ3v) is 1.89. The van der Waals surface area contributed by atoms with Crippen molar-refractivity contribution in [1.82, 2.24) is 0 Å². The van der Waals surface area contributed by atoms with E-state index in [1.54, 1.807) is 0 Å². The molecule has 0 unspecified atom stereocenters. The zero-order chi connectivity index (χ0) is 9.98. The molecule has 0 bridgehead atoms. The van der Waals surface area contributed by atoms with Crippen molar-refractivity contribution in [2.24, 2.45) is 0 Å². The van der Waals surface area contributed by atoms with E-state index in [-0.39, 0.29) is 0 Å². The minimum absolute atomic E-state index is 0.855. The summed E-state index contributed by atoms with van der Waals surface area (Å²) in [5, 5.41) is 0. The van der Waals surface area contributed by atoms with Gasteiger partial charge >= 0.3 is 0 Å². The number of nitrogens with two attached hydrogens (primary N) is 1. The van der Waals surface area contributed by atoms with Gasteiger partial charge in [-0.2, -0.15) is 0 Å². The molecule has 0 saturated carbocycles. The summed E-state index contributed by atoms with van der Waals surface area (Å²) in [5.41, 5.74) is 6.37. The Kier molecular flexibility index (Phi) is 12.8. The van der Waals surface area contributed by atoms with Crippen molar-refractivity contribution in [3.05, 3.63) is 27.8 Å². The summed E-state index contributed by atoms with van der Waals surface area (Å²) in [6.45, 7) is 8.00. The van der Waals surface area contributed by atoms with Gasteiger partial charge in [-0.15, -0.1) is 0 Å². The van der Waals surface area contributed by atoms with Gasteiger partial charge in [-0.25, -0.2) is 0 Å². The van der Waals surface area contributed by atoms with Crippen LogP contribution in [0.1, 0.15) is 27.7 Å². The van der Waals surface area contributed by atoms with Crippen molar-refractivity contribution in [2.75, 3.05) is 5.73 Å². The van der Waals surface area contributed by atoms with Gasteiger partial charge in [0, 0.05) is 9.26 Å². The van der Waals surface area contributed by atoms with Gasteiger partial charge in [0.2, 0.25) is 0 Å². The van der Waals surface area contributed by atoms with Crippen LogP contribution < -0.4 is 5.73 Å². The lowest BCUT2D eigenvalue weighted by Crippen LogP contribution is -1.85. The number of rotatable bonds is 0. The number of anilines is 1. The average Bonchev–Trinajstić information content (AvgIpc) is 2.17. The van der Waals surface area contributed by atoms with E-state index in [4.69, 9.17) is 5.73 Å². The van der Waals surface area contributed by atoms with Crippen molar-refractivity contribution >= 4 is 28.3 Å². The molecular formula is C10H18IN. The van der Waals surface area contributed by atoms with Gasteiger partial charge in [-0.05, 0) is 34.7 Å². The van der Waals surface area contributed by atoms with Crippen molar-refractivity contribution in [3.63, 3.8) is 0 Å². The smallest absolute Gasteiger partial charge is 0.0449 e. The molecular weight excluding hydrogens is 261 g/mol. The zero-order valence-electron chi connectivity index (χ0n) is 8.26. The maximum Gasteiger partial charge on any atom is 0.0449 e. The van der Waals surface area contributed by atoms with Gasteiger partial charge in [-0.3, -0.25) is 0 Å². The van der Waals surface area contributed by atoms with Gasteiger partial charge in [0.15, 0.2) is 0 Å². The Bertz CT molecular complexity index is 166. The van der Waals surface area contributed by atoms with Crippen molar-refractivity contribution in [2.45, 2.75) is 27.7 Å². The Labute approximate surface area is 89.5 Å². The lowest BCUT2D eigenvalue weighted by atomic mass is 10.3. The van der Waals surface area contributed by atoms with Crippen LogP contribution in [-0.2, 0) is 0 Å². The highest BCUT2D eigenvalue weighted by molar-refractivity contribution is 14.1. The van der Waals surface area contributed by atoms with Crippen LogP contribution in [0.25, 0.3) is 0 Å². The summed E-state index contributed by atoms with van der Waals surface area (Å²) in [4.78, 5) is 0. The summed E-state index contributed by atoms with van der Waals surface area (Å²) in [7, 11) is 0. The van der Waals surface area contributed by atoms with Crippen LogP contribution in [0.5, 0.6) is 0 Å². The Hall–Kier alpha value is -0.250. The average molecular weight is 279 g/mol. The monoisotopic (exact) mass is 279 g/mol. The molecule has 1 rings (SSSR count). The van der Waals surface area contributed by atoms with Gasteiger partial charge in [0.1, 0.15) is 0 Å². The molecule has 0 atom stereocenters. The van der Waals surface area contributed by atoms with Crippen LogP contribution in [0.3, 0.4) is 0 Å². The fourth-order valence-corrected chi connectivity index (χ4v) is 0.862. The largest absolute Gasteiger partial charge is 0.398 e. The standard InChI is InChI=1S/C6H6IN.2C2H6/c7-5-3-1-2-4-6(5)8;2*1-2/h1-4H,8H2;2*1-2H3. The number of nitrogen functional groups attached to an aromatic ring is 1. The summed E-state index contributed by atoms with van der Waals surface area (Å²) >= 11 is 2.20. The highest BCUT2D eigenvalue weighted by Crippen LogP contribution is 2.11. The predicted molar refractivity (Wildman–Crippen MR) is 66.3 cm³/mol. The molecule has 0 radical (unpaired) electrons. The minimum Gasteiger partial charge on any atom is -0.398 e. The molecule has 0 fully saturated rings.